The molecule has 0 aliphatic carbocycles. The number of halogens is 1. The van der Waals surface area contributed by atoms with Gasteiger partial charge in [0, 0.05) is 24.8 Å². The number of rotatable bonds is 4. The molecular weight excluding hydrogens is 312 g/mol. The van der Waals surface area contributed by atoms with Gasteiger partial charge in [-0.05, 0) is 49.7 Å². The Hall–Kier alpha value is -2.11. The zero-order valence-corrected chi connectivity index (χ0v) is 13.9. The zero-order valence-electron chi connectivity index (χ0n) is 13.1. The van der Waals surface area contributed by atoms with Gasteiger partial charge in [0.15, 0.2) is 0 Å². The van der Waals surface area contributed by atoms with Crippen LogP contribution in [0, 0.1) is 6.92 Å². The normalized spacial score (nSPS) is 13.9. The number of amides is 1. The van der Waals surface area contributed by atoms with Crippen molar-refractivity contribution in [1.29, 1.82) is 0 Å². The molecule has 122 valence electrons. The molecular formula is C17H21ClN4O. The van der Waals surface area contributed by atoms with E-state index < -0.39 is 0 Å². The first-order valence-corrected chi connectivity index (χ1v) is 7.51. The van der Waals surface area contributed by atoms with Crippen molar-refractivity contribution in [2.45, 2.75) is 13.3 Å². The maximum absolute atomic E-state index is 12.2. The molecule has 0 unspecified atom stereocenters. The molecule has 0 saturated carbocycles. The summed E-state index contributed by atoms with van der Waals surface area (Å²) in [6.07, 6.45) is 6.91. The molecule has 2 aromatic rings. The summed E-state index contributed by atoms with van der Waals surface area (Å²) in [6, 6.07) is 7.48. The van der Waals surface area contributed by atoms with Crippen LogP contribution in [0.1, 0.15) is 22.3 Å². The minimum atomic E-state index is -0.0392. The van der Waals surface area contributed by atoms with E-state index in [0.29, 0.717) is 12.1 Å². The lowest BCUT2D eigenvalue weighted by Crippen LogP contribution is -2.29. The minimum Gasteiger partial charge on any atom is -0.348 e. The second-order valence-electron chi connectivity index (χ2n) is 5.51. The molecule has 0 saturated heterocycles. The second-order valence-corrected chi connectivity index (χ2v) is 5.51. The predicted octanol–water partition coefficient (Wildman–Crippen LogP) is 2.25. The van der Waals surface area contributed by atoms with Gasteiger partial charge < -0.3 is 10.6 Å². The lowest BCUT2D eigenvalue weighted by atomic mass is 10.1. The van der Waals surface area contributed by atoms with Crippen LogP contribution < -0.4 is 10.6 Å². The van der Waals surface area contributed by atoms with Crippen molar-refractivity contribution in [2.24, 2.45) is 0 Å². The third-order valence-corrected chi connectivity index (χ3v) is 3.74. The zero-order chi connectivity index (χ0) is 15.4. The molecule has 2 N–H and O–H groups in total. The van der Waals surface area contributed by atoms with Crippen LogP contribution in [0.5, 0.6) is 0 Å². The summed E-state index contributed by atoms with van der Waals surface area (Å²) in [5.41, 5.74) is 4.01. The second kappa shape index (κ2) is 7.94. The molecule has 1 amide bonds. The van der Waals surface area contributed by atoms with Crippen molar-refractivity contribution >= 4 is 18.3 Å². The maximum Gasteiger partial charge on any atom is 0.251 e. The van der Waals surface area contributed by atoms with Crippen molar-refractivity contribution in [3.8, 4) is 5.69 Å². The van der Waals surface area contributed by atoms with Gasteiger partial charge in [0.25, 0.3) is 5.91 Å². The van der Waals surface area contributed by atoms with E-state index in [2.05, 4.69) is 21.8 Å². The highest BCUT2D eigenvalue weighted by atomic mass is 35.5. The largest absolute Gasteiger partial charge is 0.348 e. The minimum absolute atomic E-state index is 0. The monoisotopic (exact) mass is 332 g/mol. The van der Waals surface area contributed by atoms with Crippen LogP contribution in [0.15, 0.2) is 48.3 Å². The first-order chi connectivity index (χ1) is 10.7. The Morgan fingerprint density at radius 3 is 2.74 bits per heavy atom. The molecule has 1 aliphatic heterocycles. The summed E-state index contributed by atoms with van der Waals surface area (Å²) in [4.78, 5) is 12.2. The van der Waals surface area contributed by atoms with Crippen LogP contribution in [0.25, 0.3) is 5.69 Å². The first kappa shape index (κ1) is 17.2. The average molecular weight is 333 g/mol. The Balaban J connectivity index is 0.00000192. The average Bonchev–Trinajstić information content (AvgIpc) is 3.00. The van der Waals surface area contributed by atoms with Crippen molar-refractivity contribution in [2.75, 3.05) is 19.6 Å². The molecule has 0 radical (unpaired) electrons. The Kier molecular flexibility index (Phi) is 5.96. The Morgan fingerprint density at radius 1 is 1.35 bits per heavy atom. The van der Waals surface area contributed by atoms with E-state index in [1.165, 1.54) is 5.57 Å². The highest BCUT2D eigenvalue weighted by molar-refractivity contribution is 5.94. The number of nitrogens with zero attached hydrogens (tertiary/aromatic N) is 2. The predicted molar refractivity (Wildman–Crippen MR) is 93.5 cm³/mol. The summed E-state index contributed by atoms with van der Waals surface area (Å²) in [5, 5.41) is 10.5. The number of aromatic nitrogens is 2. The van der Waals surface area contributed by atoms with Crippen molar-refractivity contribution in [3.05, 3.63) is 59.4 Å². The summed E-state index contributed by atoms with van der Waals surface area (Å²) in [7, 11) is 0. The molecule has 0 spiro atoms. The molecule has 3 rings (SSSR count). The van der Waals surface area contributed by atoms with Crippen LogP contribution in [-0.2, 0) is 0 Å². The lowest BCUT2D eigenvalue weighted by Gasteiger charge is -2.14. The van der Waals surface area contributed by atoms with Crippen LogP contribution in [0.3, 0.4) is 0 Å². The van der Waals surface area contributed by atoms with E-state index in [1.807, 2.05) is 43.6 Å². The highest BCUT2D eigenvalue weighted by Crippen LogP contribution is 2.10. The maximum atomic E-state index is 12.2. The van der Waals surface area contributed by atoms with E-state index >= 15 is 0 Å². The van der Waals surface area contributed by atoms with Crippen LogP contribution in [0.2, 0.25) is 0 Å². The highest BCUT2D eigenvalue weighted by Gasteiger charge is 2.08. The number of hydrogen-bond acceptors (Lipinski definition) is 3. The van der Waals surface area contributed by atoms with E-state index in [4.69, 9.17) is 0 Å². The van der Waals surface area contributed by atoms with Gasteiger partial charge in [0.1, 0.15) is 0 Å². The van der Waals surface area contributed by atoms with Gasteiger partial charge in [-0.1, -0.05) is 11.6 Å². The Bertz CT molecular complexity index is 691. The molecule has 6 heteroatoms. The third kappa shape index (κ3) is 4.43. The number of benzene rings is 1. The Labute approximate surface area is 142 Å². The van der Waals surface area contributed by atoms with E-state index in [1.54, 1.807) is 4.68 Å². The van der Waals surface area contributed by atoms with Crippen molar-refractivity contribution < 1.29 is 4.79 Å². The summed E-state index contributed by atoms with van der Waals surface area (Å²) in [5.74, 6) is -0.0392. The fourth-order valence-electron chi connectivity index (χ4n) is 2.45. The van der Waals surface area contributed by atoms with Gasteiger partial charge in [-0.15, -0.1) is 12.4 Å². The lowest BCUT2D eigenvalue weighted by molar-refractivity contribution is 0.0956. The topological polar surface area (TPSA) is 59.0 Å². The van der Waals surface area contributed by atoms with Gasteiger partial charge in [-0.3, -0.25) is 4.79 Å². The number of carbonyl (C=O) groups excluding carboxylic acids is 1. The van der Waals surface area contributed by atoms with Crippen LogP contribution in [0.4, 0.5) is 0 Å². The molecule has 5 nitrogen and oxygen atoms in total. The van der Waals surface area contributed by atoms with E-state index in [0.717, 1.165) is 30.8 Å². The molecule has 0 atom stereocenters. The molecule has 2 heterocycles. The first-order valence-electron chi connectivity index (χ1n) is 7.51. The number of carbonyl (C=O) groups is 1. The molecule has 23 heavy (non-hydrogen) atoms. The van der Waals surface area contributed by atoms with Gasteiger partial charge in [0.05, 0.1) is 11.9 Å². The summed E-state index contributed by atoms with van der Waals surface area (Å²) >= 11 is 0. The standard InChI is InChI=1S/C17H20N4O.ClH/c1-13-10-20-21(12-13)16-4-2-15(3-5-16)17(22)19-11-14-6-8-18-9-7-14;/h2-6,10,12,18H,7-9,11H2,1H3,(H,19,22);1H. The van der Waals surface area contributed by atoms with Crippen LogP contribution in [-0.4, -0.2) is 35.3 Å². The van der Waals surface area contributed by atoms with Crippen LogP contribution >= 0.6 is 12.4 Å². The van der Waals surface area contributed by atoms with Gasteiger partial charge in [-0.2, -0.15) is 5.10 Å². The quantitative estimate of drug-likeness (QED) is 0.844. The van der Waals surface area contributed by atoms with Crippen molar-refractivity contribution in [1.82, 2.24) is 20.4 Å². The van der Waals surface area contributed by atoms with Gasteiger partial charge >= 0.3 is 0 Å². The van der Waals surface area contributed by atoms with E-state index in [-0.39, 0.29) is 18.3 Å². The number of hydrogen-bond donors (Lipinski definition) is 2. The van der Waals surface area contributed by atoms with Gasteiger partial charge in [0.2, 0.25) is 0 Å². The van der Waals surface area contributed by atoms with E-state index in [9.17, 15) is 4.79 Å². The Morgan fingerprint density at radius 2 is 2.13 bits per heavy atom. The molecule has 1 aromatic carbocycles. The summed E-state index contributed by atoms with van der Waals surface area (Å²) in [6.45, 7) is 4.50. The molecule has 1 aromatic heterocycles. The number of nitrogens with one attached hydrogen (secondary N) is 2. The van der Waals surface area contributed by atoms with Gasteiger partial charge in [-0.25, -0.2) is 4.68 Å². The fourth-order valence-corrected chi connectivity index (χ4v) is 2.45. The number of aryl methyl sites for hydroxylation is 1. The smallest absolute Gasteiger partial charge is 0.251 e. The SMILES string of the molecule is Cc1cnn(-c2ccc(C(=O)NCC3=CCNCC3)cc2)c1.Cl. The third-order valence-electron chi connectivity index (χ3n) is 3.74. The molecule has 0 fully saturated rings. The molecule has 1 aliphatic rings. The van der Waals surface area contributed by atoms with Crippen molar-refractivity contribution in [3.63, 3.8) is 0 Å². The fraction of sp³-hybridized carbons (Fsp3) is 0.294. The summed E-state index contributed by atoms with van der Waals surface area (Å²) < 4.78 is 1.80. The molecule has 0 bridgehead atoms.